The molecule has 0 unspecified atom stereocenters. The topological polar surface area (TPSA) is 60.4 Å². The highest BCUT2D eigenvalue weighted by Crippen LogP contribution is 2.45. The molecule has 1 aromatic rings. The Morgan fingerprint density at radius 2 is 2.14 bits per heavy atom. The van der Waals surface area contributed by atoms with Crippen LogP contribution in [0.5, 0.6) is 11.5 Å². The van der Waals surface area contributed by atoms with Crippen molar-refractivity contribution in [1.82, 2.24) is 4.90 Å². The van der Waals surface area contributed by atoms with E-state index in [9.17, 15) is 4.79 Å². The van der Waals surface area contributed by atoms with E-state index in [0.29, 0.717) is 33.8 Å². The molecule has 0 spiro atoms. The first-order valence-electron chi connectivity index (χ1n) is 9.12. The number of hydrogen-bond donors (Lipinski definition) is 0. The summed E-state index contributed by atoms with van der Waals surface area (Å²) in [5.74, 6) is 3.15. The van der Waals surface area contributed by atoms with Gasteiger partial charge >= 0.3 is 5.97 Å². The van der Waals surface area contributed by atoms with Gasteiger partial charge in [0.05, 0.1) is 35.0 Å². The minimum atomic E-state index is -0.398. The van der Waals surface area contributed by atoms with Crippen LogP contribution in [0.3, 0.4) is 0 Å². The lowest BCUT2D eigenvalue weighted by atomic mass is 9.94. The maximum atomic E-state index is 12.8. The summed E-state index contributed by atoms with van der Waals surface area (Å²) in [6.45, 7) is 6.37. The van der Waals surface area contributed by atoms with Crippen LogP contribution in [0.15, 0.2) is 44.5 Å². The standard InChI is InChI=1S/C21H21BrN2O4S/c1-5-9-28-19-15(22)11-14(12-16(19)26-6-2)18-17(20(25)27-7-3)13(4)23-21-24(18)8-10-29-21/h1,8,10-12,18H,6-7,9H2,2-4H3/t18-/m0/s1. The highest BCUT2D eigenvalue weighted by molar-refractivity contribution is 9.10. The van der Waals surface area contributed by atoms with Gasteiger partial charge in [-0.2, -0.15) is 0 Å². The zero-order valence-corrected chi connectivity index (χ0v) is 18.8. The molecule has 0 radical (unpaired) electrons. The molecule has 2 heterocycles. The maximum absolute atomic E-state index is 12.8. The van der Waals surface area contributed by atoms with Crippen LogP contribution in [-0.4, -0.2) is 35.9 Å². The first-order valence-corrected chi connectivity index (χ1v) is 10.8. The van der Waals surface area contributed by atoms with Crippen LogP contribution in [0.2, 0.25) is 0 Å². The SMILES string of the molecule is C#CCOc1c(Br)cc([C@H]2C(C(=O)OCC)=C(C)N=C3SC=CN32)cc1OCC. The van der Waals surface area contributed by atoms with Crippen LogP contribution in [0.1, 0.15) is 32.4 Å². The number of carbonyl (C=O) groups is 1. The Labute approximate surface area is 183 Å². The quantitative estimate of drug-likeness (QED) is 0.422. The van der Waals surface area contributed by atoms with Crippen molar-refractivity contribution < 1.29 is 19.0 Å². The zero-order valence-electron chi connectivity index (χ0n) is 16.4. The van der Waals surface area contributed by atoms with Gasteiger partial charge in [0.2, 0.25) is 0 Å². The Morgan fingerprint density at radius 3 is 2.83 bits per heavy atom. The van der Waals surface area contributed by atoms with Gasteiger partial charge in [0.15, 0.2) is 16.7 Å². The molecule has 0 fully saturated rings. The molecule has 3 rings (SSSR count). The molecular formula is C21H21BrN2O4S. The number of amidine groups is 1. The number of thioether (sulfide) groups is 1. The summed E-state index contributed by atoms with van der Waals surface area (Å²) in [5.41, 5.74) is 1.97. The van der Waals surface area contributed by atoms with Crippen LogP contribution in [0.25, 0.3) is 0 Å². The van der Waals surface area contributed by atoms with E-state index in [1.807, 2.05) is 42.5 Å². The Kier molecular flexibility index (Phi) is 6.93. The van der Waals surface area contributed by atoms with Crippen molar-refractivity contribution in [2.45, 2.75) is 26.8 Å². The lowest BCUT2D eigenvalue weighted by Gasteiger charge is -2.33. The summed E-state index contributed by atoms with van der Waals surface area (Å²) in [5, 5.41) is 2.75. The predicted molar refractivity (Wildman–Crippen MR) is 118 cm³/mol. The number of rotatable bonds is 7. The van der Waals surface area contributed by atoms with Gasteiger partial charge in [0.25, 0.3) is 0 Å². The fraction of sp³-hybridized carbons (Fsp3) is 0.333. The monoisotopic (exact) mass is 476 g/mol. The van der Waals surface area contributed by atoms with Crippen molar-refractivity contribution in [2.24, 2.45) is 4.99 Å². The molecule has 1 atom stereocenters. The predicted octanol–water partition coefficient (Wildman–Crippen LogP) is 4.63. The molecular weight excluding hydrogens is 456 g/mol. The Balaban J connectivity index is 2.13. The van der Waals surface area contributed by atoms with Crippen molar-refractivity contribution in [3.8, 4) is 23.8 Å². The van der Waals surface area contributed by atoms with Crippen molar-refractivity contribution >= 4 is 38.8 Å². The molecule has 29 heavy (non-hydrogen) atoms. The van der Waals surface area contributed by atoms with Gasteiger partial charge in [-0.1, -0.05) is 17.7 Å². The summed E-state index contributed by atoms with van der Waals surface area (Å²) in [4.78, 5) is 19.3. The van der Waals surface area contributed by atoms with E-state index in [2.05, 4.69) is 26.8 Å². The average molecular weight is 477 g/mol. The molecule has 6 nitrogen and oxygen atoms in total. The van der Waals surface area contributed by atoms with Crippen LogP contribution in [0, 0.1) is 12.3 Å². The number of allylic oxidation sites excluding steroid dienone is 1. The molecule has 0 saturated carbocycles. The van der Waals surface area contributed by atoms with E-state index in [0.717, 1.165) is 10.7 Å². The lowest BCUT2D eigenvalue weighted by molar-refractivity contribution is -0.139. The van der Waals surface area contributed by atoms with Gasteiger partial charge in [-0.05, 0) is 59.8 Å². The highest BCUT2D eigenvalue weighted by Gasteiger charge is 2.38. The maximum Gasteiger partial charge on any atom is 0.338 e. The first kappa shape index (κ1) is 21.3. The number of halogens is 1. The van der Waals surface area contributed by atoms with Crippen LogP contribution >= 0.6 is 27.7 Å². The van der Waals surface area contributed by atoms with Crippen molar-refractivity contribution in [2.75, 3.05) is 19.8 Å². The van der Waals surface area contributed by atoms with Crippen molar-refractivity contribution in [3.63, 3.8) is 0 Å². The summed E-state index contributed by atoms with van der Waals surface area (Å²) in [6, 6.07) is 3.38. The largest absolute Gasteiger partial charge is 0.490 e. The number of benzene rings is 1. The fourth-order valence-electron chi connectivity index (χ4n) is 3.16. The first-order chi connectivity index (χ1) is 14.0. The second-order valence-corrected chi connectivity index (χ2v) is 7.81. The number of nitrogens with zero attached hydrogens (tertiary/aromatic N) is 2. The molecule has 0 aromatic heterocycles. The van der Waals surface area contributed by atoms with E-state index in [-0.39, 0.29) is 19.2 Å². The highest BCUT2D eigenvalue weighted by atomic mass is 79.9. The van der Waals surface area contributed by atoms with Gasteiger partial charge in [-0.3, -0.25) is 0 Å². The Bertz CT molecular complexity index is 949. The molecule has 0 N–H and O–H groups in total. The number of hydrogen-bond acceptors (Lipinski definition) is 7. The smallest absolute Gasteiger partial charge is 0.338 e. The van der Waals surface area contributed by atoms with Crippen LogP contribution < -0.4 is 9.47 Å². The van der Waals surface area contributed by atoms with Gasteiger partial charge in [-0.15, -0.1) is 6.42 Å². The van der Waals surface area contributed by atoms with E-state index < -0.39 is 6.04 Å². The minimum Gasteiger partial charge on any atom is -0.490 e. The van der Waals surface area contributed by atoms with E-state index in [1.54, 1.807) is 6.92 Å². The molecule has 2 aliphatic heterocycles. The second kappa shape index (κ2) is 9.42. The van der Waals surface area contributed by atoms with Crippen molar-refractivity contribution in [3.05, 3.63) is 45.0 Å². The number of aliphatic imine (C=N–C) groups is 1. The Hall–Kier alpha value is -2.37. The third-order valence-electron chi connectivity index (χ3n) is 4.26. The van der Waals surface area contributed by atoms with Crippen LogP contribution in [-0.2, 0) is 9.53 Å². The zero-order chi connectivity index (χ0) is 21.0. The number of esters is 1. The number of fused-ring (bicyclic) bond motifs is 1. The average Bonchev–Trinajstić information content (AvgIpc) is 3.14. The molecule has 0 saturated heterocycles. The Morgan fingerprint density at radius 1 is 1.34 bits per heavy atom. The fourth-order valence-corrected chi connectivity index (χ4v) is 4.53. The number of ether oxygens (including phenoxy) is 3. The van der Waals surface area contributed by atoms with Gasteiger partial charge in [0, 0.05) is 6.20 Å². The van der Waals surface area contributed by atoms with Gasteiger partial charge in [0.1, 0.15) is 6.61 Å². The third kappa shape index (κ3) is 4.31. The van der Waals surface area contributed by atoms with Gasteiger partial charge < -0.3 is 19.1 Å². The lowest BCUT2D eigenvalue weighted by Crippen LogP contribution is -2.34. The molecule has 0 amide bonds. The van der Waals surface area contributed by atoms with Crippen LogP contribution in [0.4, 0.5) is 0 Å². The van der Waals surface area contributed by atoms with Crippen molar-refractivity contribution in [1.29, 1.82) is 0 Å². The molecule has 2 aliphatic rings. The van der Waals surface area contributed by atoms with E-state index in [4.69, 9.17) is 20.6 Å². The minimum absolute atomic E-state index is 0.122. The summed E-state index contributed by atoms with van der Waals surface area (Å²) >= 11 is 5.07. The normalized spacial score (nSPS) is 17.6. The number of carbonyl (C=O) groups excluding carboxylic acids is 1. The van der Waals surface area contributed by atoms with E-state index in [1.165, 1.54) is 11.8 Å². The van der Waals surface area contributed by atoms with E-state index >= 15 is 0 Å². The summed E-state index contributed by atoms with van der Waals surface area (Å²) in [7, 11) is 0. The molecule has 1 aromatic carbocycles. The molecule has 152 valence electrons. The number of terminal acetylenes is 1. The van der Waals surface area contributed by atoms with Gasteiger partial charge in [-0.25, -0.2) is 9.79 Å². The molecule has 8 heteroatoms. The summed E-state index contributed by atoms with van der Waals surface area (Å²) in [6.07, 6.45) is 7.25. The second-order valence-electron chi connectivity index (χ2n) is 6.08. The summed E-state index contributed by atoms with van der Waals surface area (Å²) < 4.78 is 17.5. The molecule has 0 bridgehead atoms. The third-order valence-corrected chi connectivity index (χ3v) is 5.62. The molecule has 0 aliphatic carbocycles.